The molecule has 0 radical (unpaired) electrons. The van der Waals surface area contributed by atoms with Crippen molar-refractivity contribution in [2.24, 2.45) is 5.73 Å². The van der Waals surface area contributed by atoms with Crippen molar-refractivity contribution >= 4 is 40.7 Å². The molecule has 2 aromatic rings. The number of carbonyl (C=O) groups is 2. The largest absolute Gasteiger partial charge is 0.384 e. The first-order chi connectivity index (χ1) is 17.9. The van der Waals surface area contributed by atoms with Crippen LogP contribution in [-0.4, -0.2) is 67.9 Å². The zero-order valence-corrected chi connectivity index (χ0v) is 22.2. The van der Waals surface area contributed by atoms with Crippen LogP contribution in [0.25, 0.3) is 0 Å². The molecule has 0 aliphatic carbocycles. The molecule has 9 nitrogen and oxygen atoms in total. The van der Waals surface area contributed by atoms with E-state index in [0.717, 1.165) is 18.7 Å². The van der Waals surface area contributed by atoms with Crippen molar-refractivity contribution in [2.45, 2.75) is 6.54 Å². The van der Waals surface area contributed by atoms with Crippen LogP contribution in [0.4, 0.5) is 5.69 Å². The van der Waals surface area contributed by atoms with Gasteiger partial charge in [0.25, 0.3) is 5.91 Å². The minimum Gasteiger partial charge on any atom is -0.384 e. The monoisotopic (exact) mass is 544 g/mol. The highest BCUT2D eigenvalue weighted by Crippen LogP contribution is 2.25. The van der Waals surface area contributed by atoms with Crippen LogP contribution in [0.1, 0.15) is 15.9 Å². The summed E-state index contributed by atoms with van der Waals surface area (Å²) in [4.78, 5) is 30.0. The molecule has 2 aromatic carbocycles. The molecule has 37 heavy (non-hydrogen) atoms. The fourth-order valence-electron chi connectivity index (χ4n) is 4.32. The Hall–Kier alpha value is -3.24. The first-order valence-electron chi connectivity index (χ1n) is 12.2. The van der Waals surface area contributed by atoms with Gasteiger partial charge in [-0.05, 0) is 42.0 Å². The predicted octanol–water partition coefficient (Wildman–Crippen LogP) is 1.29. The second-order valence-corrected chi connectivity index (χ2v) is 9.69. The molecule has 2 amide bonds. The van der Waals surface area contributed by atoms with E-state index >= 15 is 0 Å². The maximum atomic E-state index is 13.2. The van der Waals surface area contributed by atoms with Crippen molar-refractivity contribution in [1.82, 2.24) is 20.4 Å². The number of rotatable bonds is 7. The zero-order valence-electron chi connectivity index (χ0n) is 20.7. The molecule has 0 aromatic heterocycles. The number of amides is 2. The molecule has 0 saturated carbocycles. The summed E-state index contributed by atoms with van der Waals surface area (Å²) in [6.07, 6.45) is 1.75. The number of piperazine rings is 1. The van der Waals surface area contributed by atoms with Crippen molar-refractivity contribution < 1.29 is 14.9 Å². The number of carbonyl (C=O) groups excluding carboxylic acids is 2. The third-order valence-electron chi connectivity index (χ3n) is 6.32. The highest BCUT2D eigenvalue weighted by atomic mass is 35.5. The topological polar surface area (TPSA) is 119 Å². The van der Waals surface area contributed by atoms with Gasteiger partial charge >= 0.3 is 5.91 Å². The van der Waals surface area contributed by atoms with E-state index in [-0.39, 0.29) is 11.8 Å². The van der Waals surface area contributed by atoms with Gasteiger partial charge in [0.05, 0.1) is 12.7 Å². The third-order valence-corrected chi connectivity index (χ3v) is 6.92. The SMILES string of the molecule is C[NH2+]/C(=C\C1=C(N)NCCN1Cc1cc(Cl)ccc1Cl)C(=O)Nc1cccc(C(=O)N2CCNCC2)c1. The minimum atomic E-state index is -0.305. The van der Waals surface area contributed by atoms with Crippen LogP contribution >= 0.6 is 23.2 Å². The zero-order chi connectivity index (χ0) is 26.4. The maximum Gasteiger partial charge on any atom is 0.309 e. The molecule has 2 aliphatic rings. The van der Waals surface area contributed by atoms with Gasteiger partial charge in [-0.1, -0.05) is 29.3 Å². The number of anilines is 1. The van der Waals surface area contributed by atoms with Gasteiger partial charge in [0, 0.05) is 73.2 Å². The van der Waals surface area contributed by atoms with E-state index in [9.17, 15) is 9.59 Å². The van der Waals surface area contributed by atoms with E-state index in [1.54, 1.807) is 54.8 Å². The first kappa shape index (κ1) is 26.8. The highest BCUT2D eigenvalue weighted by Gasteiger charge is 2.23. The van der Waals surface area contributed by atoms with Gasteiger partial charge in [-0.2, -0.15) is 0 Å². The van der Waals surface area contributed by atoms with Gasteiger partial charge in [-0.25, -0.2) is 0 Å². The lowest BCUT2D eigenvalue weighted by atomic mass is 10.1. The molecular weight excluding hydrogens is 513 g/mol. The summed E-state index contributed by atoms with van der Waals surface area (Å²) in [6, 6.07) is 12.4. The van der Waals surface area contributed by atoms with Gasteiger partial charge < -0.3 is 36.8 Å². The Labute approximate surface area is 226 Å². The Balaban J connectivity index is 1.52. The molecule has 0 atom stereocenters. The van der Waals surface area contributed by atoms with Crippen LogP contribution in [-0.2, 0) is 11.3 Å². The number of hydrogen-bond acceptors (Lipinski definition) is 6. The van der Waals surface area contributed by atoms with Crippen molar-refractivity contribution in [2.75, 3.05) is 51.6 Å². The Morgan fingerprint density at radius 2 is 1.89 bits per heavy atom. The van der Waals surface area contributed by atoms with E-state index in [4.69, 9.17) is 28.9 Å². The summed E-state index contributed by atoms with van der Waals surface area (Å²) in [6.45, 7) is 4.69. The molecule has 2 aliphatic heterocycles. The molecular formula is C26H32Cl2N7O2+. The van der Waals surface area contributed by atoms with E-state index in [1.165, 1.54) is 0 Å². The highest BCUT2D eigenvalue weighted by molar-refractivity contribution is 6.33. The normalized spacial score (nSPS) is 16.5. The van der Waals surface area contributed by atoms with Crippen molar-refractivity contribution in [3.05, 3.63) is 86.9 Å². The molecule has 1 fully saturated rings. The summed E-state index contributed by atoms with van der Waals surface area (Å²) in [5.74, 6) is 0.123. The van der Waals surface area contributed by atoms with Crippen LogP contribution in [0.15, 0.2) is 65.8 Å². The van der Waals surface area contributed by atoms with Crippen molar-refractivity contribution in [3.8, 4) is 0 Å². The predicted molar refractivity (Wildman–Crippen MR) is 146 cm³/mol. The summed E-state index contributed by atoms with van der Waals surface area (Å²) in [5, 5.41) is 12.3. The number of quaternary nitrogens is 1. The van der Waals surface area contributed by atoms with Crippen LogP contribution in [0, 0.1) is 0 Å². The molecule has 2 heterocycles. The van der Waals surface area contributed by atoms with Gasteiger partial charge in [0.1, 0.15) is 5.82 Å². The minimum absolute atomic E-state index is 0.0445. The van der Waals surface area contributed by atoms with E-state index in [0.29, 0.717) is 71.2 Å². The molecule has 4 rings (SSSR count). The lowest BCUT2D eigenvalue weighted by Crippen LogP contribution is -2.79. The van der Waals surface area contributed by atoms with E-state index in [2.05, 4.69) is 20.9 Å². The van der Waals surface area contributed by atoms with Crippen molar-refractivity contribution in [3.63, 3.8) is 0 Å². The van der Waals surface area contributed by atoms with Crippen LogP contribution in [0.3, 0.4) is 0 Å². The molecule has 11 heteroatoms. The van der Waals surface area contributed by atoms with Gasteiger partial charge in [-0.3, -0.25) is 9.59 Å². The van der Waals surface area contributed by atoms with Crippen LogP contribution in [0.2, 0.25) is 10.0 Å². The number of nitrogens with two attached hydrogens (primary N) is 2. The number of nitrogens with zero attached hydrogens (tertiary/aromatic N) is 2. The lowest BCUT2D eigenvalue weighted by molar-refractivity contribution is -0.569. The smallest absolute Gasteiger partial charge is 0.309 e. The summed E-state index contributed by atoms with van der Waals surface area (Å²) >= 11 is 12.6. The fourth-order valence-corrected chi connectivity index (χ4v) is 4.69. The number of hydrogen-bond donors (Lipinski definition) is 5. The third kappa shape index (κ3) is 6.75. The Kier molecular flexibility index (Phi) is 8.94. The number of allylic oxidation sites excluding steroid dienone is 1. The van der Waals surface area contributed by atoms with Crippen LogP contribution in [0.5, 0.6) is 0 Å². The molecule has 0 unspecified atom stereocenters. The van der Waals surface area contributed by atoms with E-state index in [1.807, 2.05) is 11.0 Å². The Bertz CT molecular complexity index is 1230. The van der Waals surface area contributed by atoms with Crippen LogP contribution < -0.4 is 27.0 Å². The standard InChI is InChI=1S/C26H31Cl2N7O2/c1-30-22(15-23-24(29)32-9-12-35(23)16-18-13-19(27)5-6-21(18)28)25(36)33-20-4-2-3-17(14-20)26(37)34-10-7-31-8-11-34/h2-6,13-15,30-32H,7-12,16,29H2,1H3,(H,33,36)/p+1/b22-15-. The molecule has 0 spiro atoms. The first-order valence-corrected chi connectivity index (χ1v) is 13.0. The summed E-state index contributed by atoms with van der Waals surface area (Å²) < 4.78 is 0. The van der Waals surface area contributed by atoms with E-state index < -0.39 is 0 Å². The number of benzene rings is 2. The quantitative estimate of drug-likeness (QED) is 0.335. The Morgan fingerprint density at radius 3 is 2.65 bits per heavy atom. The fraction of sp³-hybridized carbons (Fsp3) is 0.308. The van der Waals surface area contributed by atoms with Gasteiger partial charge in [-0.15, -0.1) is 0 Å². The second-order valence-electron chi connectivity index (χ2n) is 8.85. The lowest BCUT2D eigenvalue weighted by Gasteiger charge is -2.32. The molecule has 1 saturated heterocycles. The average Bonchev–Trinajstić information content (AvgIpc) is 2.90. The summed E-state index contributed by atoms with van der Waals surface area (Å²) in [7, 11) is 1.79. The summed E-state index contributed by atoms with van der Waals surface area (Å²) in [5.41, 5.74) is 9.38. The van der Waals surface area contributed by atoms with Gasteiger partial charge in [0.15, 0.2) is 5.70 Å². The number of nitrogens with one attached hydrogen (secondary N) is 3. The second kappa shape index (κ2) is 12.3. The maximum absolute atomic E-state index is 13.2. The average molecular weight is 545 g/mol. The number of likely N-dealkylation sites (N-methyl/N-ethyl adjacent to an activating group) is 1. The molecule has 7 N–H and O–H groups in total. The molecule has 196 valence electrons. The van der Waals surface area contributed by atoms with Gasteiger partial charge in [0.2, 0.25) is 0 Å². The number of halogens is 2. The van der Waals surface area contributed by atoms with Crippen molar-refractivity contribution in [1.29, 1.82) is 0 Å². The molecule has 0 bridgehead atoms. The Morgan fingerprint density at radius 1 is 1.11 bits per heavy atom.